The van der Waals surface area contributed by atoms with Gasteiger partial charge in [0.2, 0.25) is 0 Å². The topological polar surface area (TPSA) is 28.2 Å². The van der Waals surface area contributed by atoms with Gasteiger partial charge in [0.1, 0.15) is 5.15 Å². The molecule has 6 heteroatoms. The molecular formula is C18H15Cl2N3S. The molecule has 0 aliphatic carbocycles. The fourth-order valence-corrected chi connectivity index (χ4v) is 2.96. The lowest BCUT2D eigenvalue weighted by molar-refractivity contribution is 0.968. The predicted molar refractivity (Wildman–Crippen MR) is 106 cm³/mol. The van der Waals surface area contributed by atoms with E-state index in [1.807, 2.05) is 59.5 Å². The molecule has 0 atom stereocenters. The van der Waals surface area contributed by atoms with Crippen molar-refractivity contribution < 1.29 is 0 Å². The van der Waals surface area contributed by atoms with Crippen molar-refractivity contribution in [3.05, 3.63) is 70.3 Å². The van der Waals surface area contributed by atoms with Crippen LogP contribution in [-0.4, -0.2) is 17.1 Å². The van der Waals surface area contributed by atoms with Gasteiger partial charge in [-0.05, 0) is 48.6 Å². The number of nitrogens with zero attached hydrogens (tertiary/aromatic N) is 2. The molecule has 1 N–H and O–H groups in total. The molecule has 24 heavy (non-hydrogen) atoms. The van der Waals surface area contributed by atoms with Crippen molar-refractivity contribution in [2.24, 2.45) is 0 Å². The van der Waals surface area contributed by atoms with E-state index in [2.05, 4.69) is 10.3 Å². The van der Waals surface area contributed by atoms with Gasteiger partial charge in [0.05, 0.1) is 12.1 Å². The van der Waals surface area contributed by atoms with Crippen molar-refractivity contribution in [3.8, 4) is 0 Å². The highest BCUT2D eigenvalue weighted by molar-refractivity contribution is 7.80. The minimum absolute atomic E-state index is 0.478. The zero-order valence-corrected chi connectivity index (χ0v) is 15.3. The molecule has 0 fully saturated rings. The molecule has 2 aromatic carbocycles. The van der Waals surface area contributed by atoms with Crippen LogP contribution in [0.5, 0.6) is 0 Å². The lowest BCUT2D eigenvalue weighted by Crippen LogP contribution is -2.37. The minimum atomic E-state index is 0.478. The number of fused-ring (bicyclic) bond motifs is 1. The van der Waals surface area contributed by atoms with E-state index in [1.165, 1.54) is 0 Å². The summed E-state index contributed by atoms with van der Waals surface area (Å²) < 4.78 is 0. The minimum Gasteiger partial charge on any atom is -0.365 e. The standard InChI is InChI=1S/C18H15Cl2N3S/c1-21-18(24)23(15-8-6-14(19)7-9-15)11-13-10-12-4-2-3-5-16(12)22-17(13)20/h2-10H,11H2,1H3,(H,21,24). The highest BCUT2D eigenvalue weighted by Gasteiger charge is 2.15. The average molecular weight is 376 g/mol. The van der Waals surface area contributed by atoms with Crippen LogP contribution in [0.1, 0.15) is 5.56 Å². The first-order chi connectivity index (χ1) is 11.6. The van der Waals surface area contributed by atoms with Crippen LogP contribution in [0.15, 0.2) is 54.6 Å². The summed E-state index contributed by atoms with van der Waals surface area (Å²) in [5.74, 6) is 0. The summed E-state index contributed by atoms with van der Waals surface area (Å²) >= 11 is 17.8. The lowest BCUT2D eigenvalue weighted by atomic mass is 10.1. The van der Waals surface area contributed by atoms with Crippen LogP contribution in [0.2, 0.25) is 10.2 Å². The van der Waals surface area contributed by atoms with Gasteiger partial charge < -0.3 is 10.2 Å². The van der Waals surface area contributed by atoms with E-state index >= 15 is 0 Å². The highest BCUT2D eigenvalue weighted by Crippen LogP contribution is 2.25. The van der Waals surface area contributed by atoms with Crippen molar-refractivity contribution >= 4 is 57.1 Å². The third-order valence-electron chi connectivity index (χ3n) is 3.68. The molecule has 1 heterocycles. The highest BCUT2D eigenvalue weighted by atomic mass is 35.5. The molecule has 0 saturated carbocycles. The SMILES string of the molecule is CNC(=S)N(Cc1cc2ccccc2nc1Cl)c1ccc(Cl)cc1. The summed E-state index contributed by atoms with van der Waals surface area (Å²) in [4.78, 5) is 6.44. The number of halogens is 2. The van der Waals surface area contributed by atoms with Crippen LogP contribution < -0.4 is 10.2 Å². The Kier molecular flexibility index (Phi) is 5.19. The molecule has 0 unspecified atom stereocenters. The third kappa shape index (κ3) is 3.61. The molecule has 0 spiro atoms. The number of aromatic nitrogens is 1. The summed E-state index contributed by atoms with van der Waals surface area (Å²) in [7, 11) is 1.80. The Labute approximate surface area is 156 Å². The van der Waals surface area contributed by atoms with E-state index in [1.54, 1.807) is 7.05 Å². The van der Waals surface area contributed by atoms with E-state index in [-0.39, 0.29) is 0 Å². The number of hydrogen-bond donors (Lipinski definition) is 1. The van der Waals surface area contributed by atoms with Crippen molar-refractivity contribution in [2.75, 3.05) is 11.9 Å². The molecule has 0 saturated heterocycles. The largest absolute Gasteiger partial charge is 0.365 e. The monoisotopic (exact) mass is 375 g/mol. The molecule has 3 nitrogen and oxygen atoms in total. The number of thiocarbonyl (C=S) groups is 1. The average Bonchev–Trinajstić information content (AvgIpc) is 2.60. The summed E-state index contributed by atoms with van der Waals surface area (Å²) in [6, 6.07) is 17.5. The van der Waals surface area contributed by atoms with Crippen LogP contribution in [0.25, 0.3) is 10.9 Å². The number of nitrogens with one attached hydrogen (secondary N) is 1. The first-order valence-electron chi connectivity index (χ1n) is 7.37. The molecule has 0 aliphatic heterocycles. The number of rotatable bonds is 3. The fraction of sp³-hybridized carbons (Fsp3) is 0.111. The van der Waals surface area contributed by atoms with E-state index in [0.29, 0.717) is 21.8 Å². The Balaban J connectivity index is 1.99. The number of pyridine rings is 1. The predicted octanol–water partition coefficient (Wildman–Crippen LogP) is 5.05. The van der Waals surface area contributed by atoms with Crippen molar-refractivity contribution in [1.82, 2.24) is 10.3 Å². The second-order valence-corrected chi connectivity index (χ2v) is 6.43. The molecule has 1 aromatic heterocycles. The maximum absolute atomic E-state index is 6.39. The summed E-state index contributed by atoms with van der Waals surface area (Å²) in [5, 5.41) is 5.82. The van der Waals surface area contributed by atoms with Gasteiger partial charge in [0.15, 0.2) is 5.11 Å². The van der Waals surface area contributed by atoms with Crippen LogP contribution in [0.3, 0.4) is 0 Å². The molecule has 3 aromatic rings. The van der Waals surface area contributed by atoms with E-state index in [0.717, 1.165) is 22.2 Å². The summed E-state index contributed by atoms with van der Waals surface area (Å²) in [6.07, 6.45) is 0. The van der Waals surface area contributed by atoms with Gasteiger partial charge in [-0.15, -0.1) is 0 Å². The van der Waals surface area contributed by atoms with Crippen LogP contribution in [0.4, 0.5) is 5.69 Å². The number of para-hydroxylation sites is 1. The summed E-state index contributed by atoms with van der Waals surface area (Å²) in [6.45, 7) is 0.512. The first-order valence-corrected chi connectivity index (χ1v) is 8.54. The first kappa shape index (κ1) is 17.0. The van der Waals surface area contributed by atoms with E-state index < -0.39 is 0 Å². The third-order valence-corrected chi connectivity index (χ3v) is 4.68. The van der Waals surface area contributed by atoms with Crippen LogP contribution in [0, 0.1) is 0 Å². The van der Waals surface area contributed by atoms with Gasteiger partial charge in [-0.1, -0.05) is 41.4 Å². The van der Waals surface area contributed by atoms with Crippen LogP contribution >= 0.6 is 35.4 Å². The second kappa shape index (κ2) is 7.34. The van der Waals surface area contributed by atoms with E-state index in [4.69, 9.17) is 35.4 Å². The Morgan fingerprint density at radius 2 is 1.83 bits per heavy atom. The lowest BCUT2D eigenvalue weighted by Gasteiger charge is -2.25. The van der Waals surface area contributed by atoms with Gasteiger partial charge in [-0.2, -0.15) is 0 Å². The zero-order valence-electron chi connectivity index (χ0n) is 13.0. The van der Waals surface area contributed by atoms with Crippen LogP contribution in [-0.2, 0) is 6.54 Å². The number of hydrogen-bond acceptors (Lipinski definition) is 2. The van der Waals surface area contributed by atoms with Crippen molar-refractivity contribution in [1.29, 1.82) is 0 Å². The van der Waals surface area contributed by atoms with Crippen molar-refractivity contribution in [3.63, 3.8) is 0 Å². The normalized spacial score (nSPS) is 10.6. The Bertz CT molecular complexity index is 881. The quantitative estimate of drug-likeness (QED) is 0.511. The summed E-state index contributed by atoms with van der Waals surface area (Å²) in [5.41, 5.74) is 2.71. The molecule has 122 valence electrons. The van der Waals surface area contributed by atoms with E-state index in [9.17, 15) is 0 Å². The van der Waals surface area contributed by atoms with Crippen molar-refractivity contribution in [2.45, 2.75) is 6.54 Å². The van der Waals surface area contributed by atoms with Gasteiger partial charge in [0, 0.05) is 28.7 Å². The Morgan fingerprint density at radius 1 is 1.12 bits per heavy atom. The Hall–Kier alpha value is -1.88. The molecule has 3 rings (SSSR count). The van der Waals surface area contributed by atoms with Gasteiger partial charge >= 0.3 is 0 Å². The fourth-order valence-electron chi connectivity index (χ4n) is 2.45. The zero-order chi connectivity index (χ0) is 17.1. The molecule has 0 radical (unpaired) electrons. The molecular weight excluding hydrogens is 361 g/mol. The molecule has 0 bridgehead atoms. The maximum atomic E-state index is 6.39. The van der Waals surface area contributed by atoms with Gasteiger partial charge in [0.25, 0.3) is 0 Å². The molecule has 0 amide bonds. The smallest absolute Gasteiger partial charge is 0.173 e. The number of benzene rings is 2. The van der Waals surface area contributed by atoms with Gasteiger partial charge in [-0.25, -0.2) is 4.98 Å². The molecule has 0 aliphatic rings. The Morgan fingerprint density at radius 3 is 2.54 bits per heavy atom. The van der Waals surface area contributed by atoms with Gasteiger partial charge in [-0.3, -0.25) is 0 Å². The second-order valence-electron chi connectivity index (χ2n) is 5.25. The maximum Gasteiger partial charge on any atom is 0.173 e. The number of anilines is 1.